The molecule has 3 aliphatic rings. The van der Waals surface area contributed by atoms with Gasteiger partial charge in [0.05, 0.1) is 12.2 Å². The summed E-state index contributed by atoms with van der Waals surface area (Å²) in [6, 6.07) is 4.24. The van der Waals surface area contributed by atoms with Crippen LogP contribution in [0, 0.1) is 11.3 Å². The van der Waals surface area contributed by atoms with Gasteiger partial charge >= 0.3 is 0 Å². The molecule has 6 heteroatoms. The third-order valence-electron chi connectivity index (χ3n) is 6.78. The number of nitrogens with zero attached hydrogens (tertiary/aromatic N) is 1. The van der Waals surface area contributed by atoms with E-state index in [1.165, 1.54) is 44.0 Å². The summed E-state index contributed by atoms with van der Waals surface area (Å²) in [7, 11) is 4.14. The van der Waals surface area contributed by atoms with E-state index in [1.807, 2.05) is 10.8 Å². The van der Waals surface area contributed by atoms with Gasteiger partial charge in [0, 0.05) is 30.2 Å². The lowest BCUT2D eigenvalue weighted by Crippen LogP contribution is -2.43. The molecule has 3 saturated carbocycles. The first-order chi connectivity index (χ1) is 12.5. The molecule has 2 aromatic rings. The highest BCUT2D eigenvalue weighted by molar-refractivity contribution is 6.44. The predicted octanol–water partition coefficient (Wildman–Crippen LogP) is -0.149. The van der Waals surface area contributed by atoms with Gasteiger partial charge in [0.2, 0.25) is 0 Å². The number of nitrogens with one attached hydrogen (secondary N) is 1. The average Bonchev–Trinajstić information content (AvgIpc) is 3.00. The molecule has 1 aromatic carbocycles. The first-order valence-electron chi connectivity index (χ1n) is 10.0. The summed E-state index contributed by atoms with van der Waals surface area (Å²) < 4.78 is 2.01. The van der Waals surface area contributed by atoms with Gasteiger partial charge in [-0.2, -0.15) is 0 Å². The molecule has 0 radical (unpaired) electrons. The quantitative estimate of drug-likeness (QED) is 0.738. The van der Waals surface area contributed by atoms with Crippen LogP contribution in [-0.2, 0) is 6.54 Å². The SMILES string of the molecule is Bc1cc(B)c2c(C(=O)NCC34CCC(CC3)CC4)cn(CCO)c2c1. The molecule has 4 nitrogen and oxygen atoms in total. The summed E-state index contributed by atoms with van der Waals surface area (Å²) in [5.74, 6) is 0.968. The smallest absolute Gasteiger partial charge is 0.253 e. The molecule has 0 atom stereocenters. The van der Waals surface area contributed by atoms with E-state index in [4.69, 9.17) is 0 Å². The van der Waals surface area contributed by atoms with Crippen LogP contribution < -0.4 is 16.2 Å². The van der Waals surface area contributed by atoms with Gasteiger partial charge in [-0.3, -0.25) is 4.79 Å². The topological polar surface area (TPSA) is 54.3 Å². The molecule has 26 heavy (non-hydrogen) atoms. The van der Waals surface area contributed by atoms with Gasteiger partial charge < -0.3 is 15.0 Å². The van der Waals surface area contributed by atoms with E-state index in [0.29, 0.717) is 12.0 Å². The molecule has 1 amide bonds. The van der Waals surface area contributed by atoms with Crippen molar-refractivity contribution in [1.82, 2.24) is 9.88 Å². The highest BCUT2D eigenvalue weighted by atomic mass is 16.3. The summed E-state index contributed by atoms with van der Waals surface area (Å²) in [5.41, 5.74) is 4.42. The van der Waals surface area contributed by atoms with Crippen LogP contribution in [0.4, 0.5) is 0 Å². The maximum atomic E-state index is 13.0. The first kappa shape index (κ1) is 17.7. The summed E-state index contributed by atoms with van der Waals surface area (Å²) in [4.78, 5) is 13.0. The van der Waals surface area contributed by atoms with E-state index in [1.54, 1.807) is 0 Å². The maximum absolute atomic E-state index is 13.0. The highest BCUT2D eigenvalue weighted by Gasteiger charge is 2.40. The average molecular weight is 350 g/mol. The number of benzene rings is 1. The molecule has 5 rings (SSSR count). The summed E-state index contributed by atoms with van der Waals surface area (Å²) in [6.45, 7) is 1.39. The van der Waals surface area contributed by atoms with Gasteiger partial charge in [0.15, 0.2) is 0 Å². The minimum atomic E-state index is 0.0284. The van der Waals surface area contributed by atoms with Crippen molar-refractivity contribution in [3.05, 3.63) is 23.9 Å². The molecule has 3 aliphatic carbocycles. The Labute approximate surface area is 157 Å². The van der Waals surface area contributed by atoms with E-state index in [9.17, 15) is 9.90 Å². The second-order valence-corrected chi connectivity index (χ2v) is 8.60. The fourth-order valence-electron chi connectivity index (χ4n) is 5.24. The van der Waals surface area contributed by atoms with E-state index in [0.717, 1.165) is 34.4 Å². The highest BCUT2D eigenvalue weighted by Crippen LogP contribution is 2.49. The second-order valence-electron chi connectivity index (χ2n) is 8.60. The van der Waals surface area contributed by atoms with Crippen LogP contribution in [0.2, 0.25) is 0 Å². The Morgan fingerprint density at radius 3 is 2.58 bits per heavy atom. The Balaban J connectivity index is 1.60. The Kier molecular flexibility index (Phi) is 4.64. The molecule has 136 valence electrons. The first-order valence-corrected chi connectivity index (χ1v) is 10.0. The van der Waals surface area contributed by atoms with Crippen molar-refractivity contribution in [1.29, 1.82) is 0 Å². The van der Waals surface area contributed by atoms with E-state index >= 15 is 0 Å². The van der Waals surface area contributed by atoms with Crippen molar-refractivity contribution in [2.75, 3.05) is 13.2 Å². The number of hydrogen-bond acceptors (Lipinski definition) is 2. The van der Waals surface area contributed by atoms with Crippen LogP contribution >= 0.6 is 0 Å². The van der Waals surface area contributed by atoms with Gasteiger partial charge in [-0.05, 0) is 55.9 Å². The lowest BCUT2D eigenvalue weighted by Gasteiger charge is -2.46. The monoisotopic (exact) mass is 350 g/mol. The lowest BCUT2D eigenvalue weighted by molar-refractivity contribution is 0.0598. The number of amides is 1. The van der Waals surface area contributed by atoms with E-state index in [2.05, 4.69) is 33.1 Å². The zero-order chi connectivity index (χ0) is 18.3. The number of aliphatic hydroxyl groups excluding tert-OH is 1. The summed E-state index contributed by atoms with van der Waals surface area (Å²) in [5, 5.41) is 13.7. The Morgan fingerprint density at radius 2 is 1.92 bits per heavy atom. The zero-order valence-electron chi connectivity index (χ0n) is 16.0. The number of carbonyl (C=O) groups excluding carboxylic acids is 1. The molecule has 3 fully saturated rings. The standard InChI is InChI=1S/C20H28B2N2O2/c21-14-9-16(22)18-15(11-24(7-8-25)17(18)10-14)19(26)23-12-20-4-1-13(2-5-20)3-6-20/h9-11,13,25H,1-8,12,21-22H2,(H,23,26). The molecular formula is C20H28B2N2O2. The fraction of sp³-hybridized carbons (Fsp3) is 0.550. The van der Waals surface area contributed by atoms with Crippen molar-refractivity contribution in [3.8, 4) is 0 Å². The zero-order valence-corrected chi connectivity index (χ0v) is 16.0. The van der Waals surface area contributed by atoms with Crippen molar-refractivity contribution in [3.63, 3.8) is 0 Å². The van der Waals surface area contributed by atoms with E-state index < -0.39 is 0 Å². The van der Waals surface area contributed by atoms with Gasteiger partial charge in [0.25, 0.3) is 5.91 Å². The number of aromatic nitrogens is 1. The number of fused-ring (bicyclic) bond motifs is 4. The van der Waals surface area contributed by atoms with Gasteiger partial charge in [-0.15, -0.1) is 0 Å². The molecule has 0 aliphatic heterocycles. The molecule has 0 unspecified atom stereocenters. The van der Waals surface area contributed by atoms with Crippen molar-refractivity contribution in [2.45, 2.75) is 45.1 Å². The van der Waals surface area contributed by atoms with Crippen LogP contribution in [0.3, 0.4) is 0 Å². The summed E-state index contributed by atoms with van der Waals surface area (Å²) >= 11 is 0. The predicted molar refractivity (Wildman–Crippen MR) is 111 cm³/mol. The van der Waals surface area contributed by atoms with Gasteiger partial charge in [-0.25, -0.2) is 0 Å². The largest absolute Gasteiger partial charge is 0.395 e. The minimum Gasteiger partial charge on any atom is -0.395 e. The van der Waals surface area contributed by atoms with Gasteiger partial charge in [-0.1, -0.05) is 17.0 Å². The molecule has 2 bridgehead atoms. The maximum Gasteiger partial charge on any atom is 0.253 e. The number of hydrogen-bond donors (Lipinski definition) is 2. The fourth-order valence-corrected chi connectivity index (χ4v) is 5.24. The van der Waals surface area contributed by atoms with Crippen molar-refractivity contribution >= 4 is 43.4 Å². The van der Waals surface area contributed by atoms with Crippen molar-refractivity contribution < 1.29 is 9.90 Å². The number of carbonyl (C=O) groups is 1. The van der Waals surface area contributed by atoms with Crippen LogP contribution in [0.25, 0.3) is 10.9 Å². The second kappa shape index (κ2) is 6.80. The molecular weight excluding hydrogens is 322 g/mol. The molecule has 0 spiro atoms. The van der Waals surface area contributed by atoms with E-state index in [-0.39, 0.29) is 12.5 Å². The number of aliphatic hydroxyl groups is 1. The van der Waals surface area contributed by atoms with Crippen LogP contribution in [-0.4, -0.2) is 44.4 Å². The van der Waals surface area contributed by atoms with Crippen LogP contribution in [0.15, 0.2) is 18.3 Å². The van der Waals surface area contributed by atoms with Crippen LogP contribution in [0.1, 0.15) is 48.9 Å². The Bertz CT molecular complexity index is 824. The Hall–Kier alpha value is -1.68. The number of rotatable bonds is 5. The normalized spacial score (nSPS) is 24.9. The molecule has 0 saturated heterocycles. The third-order valence-corrected chi connectivity index (χ3v) is 6.78. The molecule has 1 heterocycles. The lowest BCUT2D eigenvalue weighted by atomic mass is 9.61. The molecule has 1 aromatic heterocycles. The summed E-state index contributed by atoms with van der Waals surface area (Å²) in [6.07, 6.45) is 9.73. The molecule has 2 N–H and O–H groups in total. The Morgan fingerprint density at radius 1 is 1.23 bits per heavy atom. The van der Waals surface area contributed by atoms with Crippen LogP contribution in [0.5, 0.6) is 0 Å². The van der Waals surface area contributed by atoms with Gasteiger partial charge in [0.1, 0.15) is 15.7 Å². The minimum absolute atomic E-state index is 0.0284. The third kappa shape index (κ3) is 3.09. The van der Waals surface area contributed by atoms with Crippen molar-refractivity contribution in [2.24, 2.45) is 11.3 Å².